The lowest BCUT2D eigenvalue weighted by Crippen LogP contribution is -2.45. The lowest BCUT2D eigenvalue weighted by molar-refractivity contribution is -0.122. The van der Waals surface area contributed by atoms with Crippen LogP contribution in [0, 0.1) is 98.1 Å². The van der Waals surface area contributed by atoms with Gasteiger partial charge in [0.2, 0.25) is 0 Å². The Morgan fingerprint density at radius 3 is 1.48 bits per heavy atom. The number of halogens is 3. The van der Waals surface area contributed by atoms with Gasteiger partial charge in [0, 0.05) is 109 Å². The number of Topliss-reactive ketones (excluding diaryl/α,β-unsaturated/α-hetero) is 1. The first-order chi connectivity index (χ1) is 57.1. The maximum absolute atomic E-state index is 12.2. The number of fused-ring (bicyclic) bond motifs is 2. The lowest BCUT2D eigenvalue weighted by Gasteiger charge is -2.38. The number of oxazole rings is 1. The Hall–Kier alpha value is -5.62. The molecule has 13 rings (SSSR count). The van der Waals surface area contributed by atoms with Crippen molar-refractivity contribution in [3.05, 3.63) is 96.4 Å². The molecule has 1 amide bonds. The average molecular weight is 1750 g/mol. The molecule has 4 aromatic rings. The van der Waals surface area contributed by atoms with Gasteiger partial charge in [0.15, 0.2) is 16.2 Å². The molecule has 11 heterocycles. The molecule has 1 saturated carbocycles. The van der Waals surface area contributed by atoms with Crippen LogP contribution in [0.5, 0.6) is 0 Å². The molecule has 694 valence electrons. The number of nitriles is 1. The van der Waals surface area contributed by atoms with Gasteiger partial charge in [0.1, 0.15) is 29.6 Å². The zero-order chi connectivity index (χ0) is 91.0. The SMILES string of the molecule is CC.CC(C)(C)C1CCCC(=O)C1.CC(C)(C)C1CCN(Cc2cccc(S(C)(=O)=O)c2)CC1.CC(C)(C)C1CCN(Cc2cnccn2)CC1.CC(C)(C)C1CCN(Cc2cocn2)CC1.CC(C)C1CCN(S(=O)(=O)C(F)(F)F)CC1.CC(C)C1CCN(c2cccc(C#N)n2)CC1.CC(C)C1C[C@H]2CC[C@@H](C1)N2.CCOC(=O)N1CC[C@@H](C)C1. The van der Waals surface area contributed by atoms with Gasteiger partial charge >= 0.3 is 21.6 Å². The minimum absolute atomic E-state index is 0.0231. The highest BCUT2D eigenvalue weighted by molar-refractivity contribution is 7.90. The van der Waals surface area contributed by atoms with Crippen molar-refractivity contribution in [2.45, 2.75) is 316 Å². The van der Waals surface area contributed by atoms with Gasteiger partial charge in [-0.2, -0.15) is 22.7 Å². The van der Waals surface area contributed by atoms with Crippen LogP contribution in [0.15, 0.2) is 83.0 Å². The highest BCUT2D eigenvalue weighted by atomic mass is 32.2. The average Bonchev–Trinajstić information content (AvgIpc) is 1.03. The summed E-state index contributed by atoms with van der Waals surface area (Å²) in [6.07, 6.45) is 31.8. The molecule has 2 bridgehead atoms. The number of piperidine rings is 6. The number of nitrogens with one attached hydrogen (secondary N) is 1. The smallest absolute Gasteiger partial charge is 0.451 e. The summed E-state index contributed by atoms with van der Waals surface area (Å²) in [4.78, 5) is 51.1. The maximum Gasteiger partial charge on any atom is 0.511 e. The Kier molecular flexibility index (Phi) is 44.5. The van der Waals surface area contributed by atoms with Crippen LogP contribution in [0.1, 0.15) is 297 Å². The Morgan fingerprint density at radius 2 is 1.08 bits per heavy atom. The fraction of sp³-hybridized carbons (Fsp3) is 0.784. The number of aromatic nitrogens is 4. The molecular formula is C97H165F3N12O8S2. The number of ketones is 1. The van der Waals surface area contributed by atoms with E-state index in [-0.39, 0.29) is 19.2 Å². The first-order valence-corrected chi connectivity index (χ1v) is 49.9. The molecular weight excluding hydrogens is 1580 g/mol. The number of sulfonamides is 1. The predicted molar refractivity (Wildman–Crippen MR) is 491 cm³/mol. The van der Waals surface area contributed by atoms with E-state index in [2.05, 4.69) is 169 Å². The van der Waals surface area contributed by atoms with Gasteiger partial charge in [-0.3, -0.25) is 29.5 Å². The van der Waals surface area contributed by atoms with E-state index in [1.54, 1.807) is 35.7 Å². The van der Waals surface area contributed by atoms with Crippen LogP contribution in [0.25, 0.3) is 0 Å². The molecule has 122 heavy (non-hydrogen) atoms. The van der Waals surface area contributed by atoms with Crippen molar-refractivity contribution in [3.63, 3.8) is 0 Å². The van der Waals surface area contributed by atoms with E-state index in [4.69, 9.17) is 14.4 Å². The van der Waals surface area contributed by atoms with Gasteiger partial charge in [-0.05, 0) is 272 Å². The number of alkyl halides is 3. The van der Waals surface area contributed by atoms with Crippen molar-refractivity contribution in [2.24, 2.45) is 86.8 Å². The van der Waals surface area contributed by atoms with Gasteiger partial charge in [-0.25, -0.2) is 31.6 Å². The number of rotatable bonds is 13. The van der Waals surface area contributed by atoms with Crippen molar-refractivity contribution in [1.29, 1.82) is 5.26 Å². The van der Waals surface area contributed by atoms with Crippen molar-refractivity contribution >= 4 is 37.6 Å². The second-order valence-corrected chi connectivity index (χ2v) is 45.1. The molecule has 8 aliphatic heterocycles. The van der Waals surface area contributed by atoms with Crippen molar-refractivity contribution in [2.75, 3.05) is 96.3 Å². The van der Waals surface area contributed by atoms with E-state index in [0.717, 1.165) is 161 Å². The van der Waals surface area contributed by atoms with Gasteiger partial charge in [0.05, 0.1) is 22.9 Å². The summed E-state index contributed by atoms with van der Waals surface area (Å²) in [5, 5.41) is 12.5. The second kappa shape index (κ2) is 50.8. The van der Waals surface area contributed by atoms with Crippen molar-refractivity contribution < 1.29 is 48.7 Å². The summed E-state index contributed by atoms with van der Waals surface area (Å²) >= 11 is 0. The lowest BCUT2D eigenvalue weighted by atomic mass is 9.72. The molecule has 9 aliphatic rings. The number of hydrogen-bond donors (Lipinski definition) is 1. The normalized spacial score (nSPS) is 22.4. The number of hydrogen-bond acceptors (Lipinski definition) is 18. The summed E-state index contributed by atoms with van der Waals surface area (Å²) in [6, 6.07) is 16.9. The minimum atomic E-state index is -5.17. The number of carbonyl (C=O) groups is 2. The van der Waals surface area contributed by atoms with Gasteiger partial charge < -0.3 is 24.3 Å². The fourth-order valence-corrected chi connectivity index (χ4v) is 20.0. The number of likely N-dealkylation sites (tertiary alicyclic amines) is 4. The topological polar surface area (TPSA) is 232 Å². The summed E-state index contributed by atoms with van der Waals surface area (Å²) < 4.78 is 92.5. The van der Waals surface area contributed by atoms with Gasteiger partial charge in [-0.15, -0.1) is 0 Å². The van der Waals surface area contributed by atoms with E-state index in [1.807, 2.05) is 71.1 Å². The van der Waals surface area contributed by atoms with Crippen LogP contribution in [0.2, 0.25) is 0 Å². The molecule has 5 atom stereocenters. The highest BCUT2D eigenvalue weighted by Gasteiger charge is 2.51. The van der Waals surface area contributed by atoms with Crippen molar-refractivity contribution in [1.82, 2.24) is 49.2 Å². The fourth-order valence-electron chi connectivity index (χ4n) is 18.3. The monoisotopic (exact) mass is 1750 g/mol. The minimum Gasteiger partial charge on any atom is -0.451 e. The second-order valence-electron chi connectivity index (χ2n) is 41.2. The Labute approximate surface area is 738 Å². The third-order valence-corrected chi connectivity index (χ3v) is 29.6. The van der Waals surface area contributed by atoms with E-state index < -0.39 is 25.4 Å². The van der Waals surface area contributed by atoms with Gasteiger partial charge in [0.25, 0.3) is 0 Å². The quantitative estimate of drug-likeness (QED) is 0.131. The first-order valence-electron chi connectivity index (χ1n) is 46.6. The summed E-state index contributed by atoms with van der Waals surface area (Å²) in [7, 11) is -8.23. The van der Waals surface area contributed by atoms with Crippen LogP contribution in [0.3, 0.4) is 0 Å². The summed E-state index contributed by atoms with van der Waals surface area (Å²) in [5.41, 5.74) is 0.200. The molecule has 8 saturated heterocycles. The first kappa shape index (κ1) is 107. The third kappa shape index (κ3) is 37.7. The van der Waals surface area contributed by atoms with E-state index in [0.29, 0.717) is 85.5 Å². The molecule has 3 aromatic heterocycles. The van der Waals surface area contributed by atoms with Crippen LogP contribution < -0.4 is 10.2 Å². The highest BCUT2D eigenvalue weighted by Crippen LogP contribution is 2.41. The van der Waals surface area contributed by atoms with E-state index in [1.165, 1.54) is 122 Å². The number of carbonyl (C=O) groups excluding carboxylic acids is 2. The summed E-state index contributed by atoms with van der Waals surface area (Å²) in [6.45, 7) is 63.1. The van der Waals surface area contributed by atoms with E-state index in [9.17, 15) is 39.6 Å². The number of sulfone groups is 1. The predicted octanol–water partition coefficient (Wildman–Crippen LogP) is 21.5. The molecule has 25 heteroatoms. The number of pyridine rings is 1. The zero-order valence-electron chi connectivity index (χ0n) is 79.8. The summed E-state index contributed by atoms with van der Waals surface area (Å²) in [5.74, 6) is 9.42. The number of amides is 1. The standard InChI is InChI=1S/C17H27NO2S.C14H23N3.C14H19N3.C13H22N2O.C10H19N.C10H18O.C9H16F3NO2S.C8H15NO2.C2H6/c1-17(2,3)15-8-10-18(11-9-15)13-14-6-5-7-16(12-14)21(4,19)20;1-14(2,3)12-4-8-17(9-5-12)11-13-10-15-6-7-16-13;1-11(2)12-6-8-17(9-7-12)14-5-3-4-13(10-15)16-14;1-13(2,3)11-4-6-15(7-5-11)8-12-9-16-10-14-12;1-7(2)8-5-9-3-4-10(6-8)11-9;1-10(2,3)8-5-4-6-9(11)7-8;1-7(2)8-3-5-13(6-4-8)16(14,15)9(10,11)12;1-3-11-8(10)9-5-4-7(2)6-9;1-2/h5-7,12,15H,8-11,13H2,1-4H3;6-7,10,12H,4-5,8-9,11H2,1-3H3;3-5,11-12H,6-9H2,1-2H3;9-11H,4-8H2,1-3H3;7-11H,3-6H2,1-2H3;8H,4-7H2,1-3H3;7-8H,3-6H2,1-2H3;7H,3-6H2,1-2H3;1-2H3/t;;;;8?,9-,10+;;;7-;/m.......1./s1. The molecule has 1 N–H and O–H groups in total. The third-order valence-electron chi connectivity index (χ3n) is 26.9. The molecule has 0 spiro atoms. The van der Waals surface area contributed by atoms with Crippen LogP contribution >= 0.6 is 0 Å². The number of nitrogens with zero attached hydrogens (tertiary/aromatic N) is 11. The van der Waals surface area contributed by atoms with Crippen LogP contribution in [-0.2, 0) is 49.0 Å². The molecule has 20 nitrogen and oxygen atoms in total. The number of benzene rings is 1. The Morgan fingerprint density at radius 1 is 0.598 bits per heavy atom. The number of ether oxygens (including phenoxy) is 1. The molecule has 2 unspecified atom stereocenters. The molecule has 1 aliphatic carbocycles. The molecule has 1 aromatic carbocycles. The maximum atomic E-state index is 12.2. The molecule has 0 radical (unpaired) electrons. The molecule has 9 fully saturated rings. The largest absolute Gasteiger partial charge is 0.511 e. The zero-order valence-corrected chi connectivity index (χ0v) is 81.5. The van der Waals surface area contributed by atoms with Crippen LogP contribution in [-0.4, -0.2) is 182 Å². The van der Waals surface area contributed by atoms with E-state index >= 15 is 0 Å². The Bertz CT molecular complexity index is 3860. The Balaban J connectivity index is 0.000000249. The number of anilines is 1. The van der Waals surface area contributed by atoms with Gasteiger partial charge in [-0.1, -0.05) is 164 Å². The van der Waals surface area contributed by atoms with Crippen molar-refractivity contribution in [3.8, 4) is 6.07 Å². The van der Waals surface area contributed by atoms with Crippen LogP contribution in [0.4, 0.5) is 23.8 Å².